The van der Waals surface area contributed by atoms with Crippen LogP contribution in [0.15, 0.2) is 64.8 Å². The smallest absolute Gasteiger partial charge is 0.278 e. The molecule has 1 N–H and O–H groups in total. The van der Waals surface area contributed by atoms with Crippen LogP contribution >= 0.6 is 0 Å². The molecule has 1 aromatic carbocycles. The minimum atomic E-state index is -0.269. The highest BCUT2D eigenvalue weighted by Crippen LogP contribution is 2.22. The van der Waals surface area contributed by atoms with Crippen molar-refractivity contribution in [2.75, 3.05) is 56.7 Å². The lowest BCUT2D eigenvalue weighted by atomic mass is 10.2. The van der Waals surface area contributed by atoms with Gasteiger partial charge in [-0.05, 0) is 37.4 Å². The van der Waals surface area contributed by atoms with Crippen molar-refractivity contribution in [3.63, 3.8) is 0 Å². The van der Waals surface area contributed by atoms with E-state index < -0.39 is 0 Å². The van der Waals surface area contributed by atoms with Crippen molar-refractivity contribution >= 4 is 28.4 Å². The molecule has 0 saturated carbocycles. The number of nitrogens with zero attached hydrogens (tertiary/aromatic N) is 8. The Balaban J connectivity index is 1.35. The van der Waals surface area contributed by atoms with Crippen molar-refractivity contribution in [3.8, 4) is 5.82 Å². The van der Waals surface area contributed by atoms with Gasteiger partial charge in [0.05, 0.1) is 19.8 Å². The molecule has 0 unspecified atom stereocenters. The maximum absolute atomic E-state index is 13.2. The number of likely N-dealkylation sites (N-methyl/N-ethyl adjacent to an activating group) is 1. The van der Waals surface area contributed by atoms with Crippen LogP contribution in [0.3, 0.4) is 0 Å². The van der Waals surface area contributed by atoms with Crippen molar-refractivity contribution in [2.45, 2.75) is 12.6 Å². The van der Waals surface area contributed by atoms with E-state index in [1.54, 1.807) is 16.8 Å². The number of rotatable bonds is 7. The zero-order chi connectivity index (χ0) is 26.2. The van der Waals surface area contributed by atoms with Gasteiger partial charge in [-0.2, -0.15) is 4.98 Å². The van der Waals surface area contributed by atoms with Crippen LogP contribution in [0, 0.1) is 0 Å². The van der Waals surface area contributed by atoms with Gasteiger partial charge in [0.1, 0.15) is 11.4 Å². The summed E-state index contributed by atoms with van der Waals surface area (Å²) < 4.78 is 9.73. The Labute approximate surface area is 218 Å². The first-order chi connectivity index (χ1) is 18.5. The average molecular weight is 516 g/mol. The zero-order valence-electron chi connectivity index (χ0n) is 21.2. The molecule has 0 bridgehead atoms. The average Bonchev–Trinajstić information content (AvgIpc) is 3.16. The van der Waals surface area contributed by atoms with Crippen LogP contribution in [-0.4, -0.2) is 80.5 Å². The quantitative estimate of drug-likeness (QED) is 0.365. The molecule has 2 aliphatic rings. The van der Waals surface area contributed by atoms with E-state index >= 15 is 0 Å². The van der Waals surface area contributed by atoms with E-state index in [-0.39, 0.29) is 23.7 Å². The molecule has 196 valence electrons. The Morgan fingerprint density at radius 1 is 1.08 bits per heavy atom. The van der Waals surface area contributed by atoms with Crippen LogP contribution in [0.4, 0.5) is 17.3 Å². The molecule has 0 atom stereocenters. The molecule has 6 rings (SSSR count). The number of hydrogen-bond donors (Lipinski definition) is 1. The number of hydrogen-bond acceptors (Lipinski definition) is 9. The second-order valence-electron chi connectivity index (χ2n) is 9.55. The van der Waals surface area contributed by atoms with Crippen molar-refractivity contribution in [2.24, 2.45) is 0 Å². The Hall–Kier alpha value is -4.29. The van der Waals surface area contributed by atoms with E-state index in [2.05, 4.69) is 55.9 Å². The molecule has 2 aliphatic heterocycles. The first-order valence-corrected chi connectivity index (χ1v) is 12.6. The van der Waals surface area contributed by atoms with Crippen LogP contribution in [0.25, 0.3) is 16.9 Å². The van der Waals surface area contributed by atoms with E-state index in [0.29, 0.717) is 36.0 Å². The summed E-state index contributed by atoms with van der Waals surface area (Å²) >= 11 is 0. The minimum Gasteiger partial charge on any atom is -0.377 e. The molecule has 0 radical (unpaired) electrons. The van der Waals surface area contributed by atoms with Gasteiger partial charge in [-0.1, -0.05) is 6.08 Å². The highest BCUT2D eigenvalue weighted by Gasteiger charge is 2.24. The van der Waals surface area contributed by atoms with Gasteiger partial charge in [0.2, 0.25) is 5.95 Å². The van der Waals surface area contributed by atoms with Gasteiger partial charge >= 0.3 is 0 Å². The molecule has 4 aromatic rings. The van der Waals surface area contributed by atoms with Gasteiger partial charge in [-0.25, -0.2) is 19.0 Å². The molecule has 2 fully saturated rings. The lowest BCUT2D eigenvalue weighted by Crippen LogP contribution is -2.44. The van der Waals surface area contributed by atoms with E-state index in [4.69, 9.17) is 4.74 Å². The Bertz CT molecular complexity index is 1590. The summed E-state index contributed by atoms with van der Waals surface area (Å²) in [6.45, 7) is 8.95. The molecule has 3 aromatic heterocycles. The van der Waals surface area contributed by atoms with Crippen LogP contribution < -0.4 is 21.3 Å². The molecule has 0 aliphatic carbocycles. The molecule has 2 saturated heterocycles. The summed E-state index contributed by atoms with van der Waals surface area (Å²) in [5, 5.41) is 8.13. The van der Waals surface area contributed by atoms with E-state index in [9.17, 15) is 9.59 Å². The van der Waals surface area contributed by atoms with E-state index in [1.165, 1.54) is 27.3 Å². The number of aromatic nitrogens is 6. The fraction of sp³-hybridized carbons (Fsp3) is 0.346. The van der Waals surface area contributed by atoms with Crippen molar-refractivity contribution in [1.82, 2.24) is 34.0 Å². The maximum Gasteiger partial charge on any atom is 0.278 e. The third-order valence-corrected chi connectivity index (χ3v) is 6.96. The third kappa shape index (κ3) is 4.37. The normalized spacial score (nSPS) is 16.5. The molecular weight excluding hydrogens is 486 g/mol. The largest absolute Gasteiger partial charge is 0.377 e. The number of allylic oxidation sites excluding steroid dienone is 1. The van der Waals surface area contributed by atoms with Gasteiger partial charge in [0.15, 0.2) is 11.5 Å². The topological polar surface area (TPSA) is 115 Å². The summed E-state index contributed by atoms with van der Waals surface area (Å²) in [4.78, 5) is 39.4. The lowest BCUT2D eigenvalue weighted by molar-refractivity contribution is -0.0308. The summed E-state index contributed by atoms with van der Waals surface area (Å²) in [7, 11) is 2.14. The zero-order valence-corrected chi connectivity index (χ0v) is 21.2. The van der Waals surface area contributed by atoms with Crippen molar-refractivity contribution in [1.29, 1.82) is 0 Å². The molecule has 12 nitrogen and oxygen atoms in total. The SMILES string of the molecule is C=CCn1c(=O)c2cnc(Nc3ccc(N4CCN(C)CC4)cc3)nc2n1-c1ccc(=O)n(C2COC2)n1. The molecule has 0 amide bonds. The van der Waals surface area contributed by atoms with Crippen LogP contribution in [0.2, 0.25) is 0 Å². The number of ether oxygens (including phenoxy) is 1. The first kappa shape index (κ1) is 24.1. The van der Waals surface area contributed by atoms with Crippen LogP contribution in [0.5, 0.6) is 0 Å². The molecule has 5 heterocycles. The van der Waals surface area contributed by atoms with Gasteiger partial charge in [-0.3, -0.25) is 9.59 Å². The maximum atomic E-state index is 13.2. The second kappa shape index (κ2) is 9.88. The number of nitrogens with one attached hydrogen (secondary N) is 1. The van der Waals surface area contributed by atoms with Gasteiger partial charge in [0, 0.05) is 49.8 Å². The van der Waals surface area contributed by atoms with E-state index in [0.717, 1.165) is 31.9 Å². The van der Waals surface area contributed by atoms with Gasteiger partial charge in [0.25, 0.3) is 11.1 Å². The van der Waals surface area contributed by atoms with E-state index in [1.807, 2.05) is 12.1 Å². The fourth-order valence-corrected chi connectivity index (χ4v) is 4.71. The Morgan fingerprint density at radius 2 is 1.84 bits per heavy atom. The molecule has 38 heavy (non-hydrogen) atoms. The summed E-state index contributed by atoms with van der Waals surface area (Å²) in [5.41, 5.74) is 1.89. The molecule has 0 spiro atoms. The highest BCUT2D eigenvalue weighted by molar-refractivity contribution is 5.77. The van der Waals surface area contributed by atoms with Gasteiger partial charge < -0.3 is 19.9 Å². The van der Waals surface area contributed by atoms with Crippen molar-refractivity contribution in [3.05, 3.63) is 76.0 Å². The number of piperazine rings is 1. The number of benzene rings is 1. The predicted octanol–water partition coefficient (Wildman–Crippen LogP) is 1.39. The minimum absolute atomic E-state index is 0.135. The molecule has 12 heteroatoms. The standard InChI is InChI=1S/C26H29N9O3/c1-3-10-33-25(37)21-15-27-26(28-18-4-6-19(7-5-18)32-13-11-31(2)12-14-32)29-24(21)35(33)22-8-9-23(36)34(30-22)20-16-38-17-20/h3-9,15,20H,1,10-14,16-17H2,2H3,(H,27,28,29). The summed E-state index contributed by atoms with van der Waals surface area (Å²) in [6, 6.07) is 11.1. The number of fused-ring (bicyclic) bond motifs is 1. The summed E-state index contributed by atoms with van der Waals surface area (Å²) in [6.07, 6.45) is 3.14. The second-order valence-corrected chi connectivity index (χ2v) is 9.55. The predicted molar refractivity (Wildman–Crippen MR) is 145 cm³/mol. The third-order valence-electron chi connectivity index (χ3n) is 6.96. The van der Waals surface area contributed by atoms with Crippen molar-refractivity contribution < 1.29 is 4.74 Å². The lowest BCUT2D eigenvalue weighted by Gasteiger charge is -2.34. The molecular formula is C26H29N9O3. The van der Waals surface area contributed by atoms with Crippen LogP contribution in [0.1, 0.15) is 6.04 Å². The first-order valence-electron chi connectivity index (χ1n) is 12.6. The highest BCUT2D eigenvalue weighted by atomic mass is 16.5. The number of anilines is 3. The van der Waals surface area contributed by atoms with Gasteiger partial charge in [-0.15, -0.1) is 11.7 Å². The monoisotopic (exact) mass is 515 g/mol. The Morgan fingerprint density at radius 3 is 2.53 bits per heavy atom. The van der Waals surface area contributed by atoms with Crippen LogP contribution in [-0.2, 0) is 11.3 Å². The fourth-order valence-electron chi connectivity index (χ4n) is 4.71. The Kier molecular flexibility index (Phi) is 6.26. The summed E-state index contributed by atoms with van der Waals surface area (Å²) in [5.74, 6) is 0.738.